The third kappa shape index (κ3) is 4.89. The summed E-state index contributed by atoms with van der Waals surface area (Å²) in [6, 6.07) is -0.0337. The van der Waals surface area contributed by atoms with Gasteiger partial charge < -0.3 is 11.1 Å². The van der Waals surface area contributed by atoms with Gasteiger partial charge in [-0.15, -0.1) is 12.4 Å². The van der Waals surface area contributed by atoms with Crippen molar-refractivity contribution < 1.29 is 13.6 Å². The second kappa shape index (κ2) is 9.32. The minimum atomic E-state index is -2.69. The van der Waals surface area contributed by atoms with Crippen molar-refractivity contribution in [2.24, 2.45) is 11.7 Å². The van der Waals surface area contributed by atoms with Crippen molar-refractivity contribution in [2.75, 3.05) is 6.54 Å². The molecule has 1 saturated carbocycles. The lowest BCUT2D eigenvalue weighted by Crippen LogP contribution is -2.46. The minimum absolute atomic E-state index is 0. The predicted octanol–water partition coefficient (Wildman–Crippen LogP) is 2.88. The molecule has 0 spiro atoms. The van der Waals surface area contributed by atoms with Crippen molar-refractivity contribution in [3.8, 4) is 0 Å². The highest BCUT2D eigenvalue weighted by Crippen LogP contribution is 2.26. The number of hydrogen-bond acceptors (Lipinski definition) is 3. The maximum Gasteiger partial charge on any atom is 0.333 e. The van der Waals surface area contributed by atoms with E-state index < -0.39 is 6.55 Å². The Balaban J connectivity index is 0.00000288. The van der Waals surface area contributed by atoms with Crippen molar-refractivity contribution in [3.63, 3.8) is 0 Å². The SMILES string of the molecule is Cc1nn(C(F)F)c(C)c1CC(=O)NC(CN)C1CCCCC1.Cl. The molecule has 0 bridgehead atoms. The second-order valence-corrected chi connectivity index (χ2v) is 6.36. The van der Waals surface area contributed by atoms with Crippen LogP contribution in [0.1, 0.15) is 55.6 Å². The molecule has 0 radical (unpaired) electrons. The van der Waals surface area contributed by atoms with Gasteiger partial charge in [0, 0.05) is 23.8 Å². The molecular formula is C16H27ClF2N4O. The van der Waals surface area contributed by atoms with Crippen LogP contribution in [0.15, 0.2) is 0 Å². The number of aryl methyl sites for hydroxylation is 1. The fraction of sp³-hybridized carbons (Fsp3) is 0.750. The molecule has 3 N–H and O–H groups in total. The van der Waals surface area contributed by atoms with E-state index in [4.69, 9.17) is 5.73 Å². The van der Waals surface area contributed by atoms with Gasteiger partial charge in [0.2, 0.25) is 5.91 Å². The third-order valence-electron chi connectivity index (χ3n) is 4.82. The summed E-state index contributed by atoms with van der Waals surface area (Å²) >= 11 is 0. The van der Waals surface area contributed by atoms with Crippen LogP contribution in [0, 0.1) is 19.8 Å². The number of amides is 1. The number of carbonyl (C=O) groups excluding carboxylic acids is 1. The summed E-state index contributed by atoms with van der Waals surface area (Å²) in [6.07, 6.45) is 5.83. The van der Waals surface area contributed by atoms with Gasteiger partial charge in [0.25, 0.3) is 0 Å². The molecule has 0 aromatic carbocycles. The monoisotopic (exact) mass is 364 g/mol. The number of alkyl halides is 2. The summed E-state index contributed by atoms with van der Waals surface area (Å²) in [4.78, 5) is 12.3. The molecule has 0 aliphatic heterocycles. The fourth-order valence-electron chi connectivity index (χ4n) is 3.47. The highest BCUT2D eigenvalue weighted by molar-refractivity contribution is 5.85. The van der Waals surface area contributed by atoms with Crippen LogP contribution in [0.4, 0.5) is 8.78 Å². The van der Waals surface area contributed by atoms with Crippen molar-refractivity contribution in [3.05, 3.63) is 17.0 Å². The number of rotatable bonds is 6. The fourth-order valence-corrected chi connectivity index (χ4v) is 3.47. The lowest BCUT2D eigenvalue weighted by atomic mass is 9.84. The average molecular weight is 365 g/mol. The van der Waals surface area contributed by atoms with Crippen LogP contribution in [-0.2, 0) is 11.2 Å². The highest BCUT2D eigenvalue weighted by Gasteiger charge is 2.25. The standard InChI is InChI=1S/C16H26F2N4O.ClH/c1-10-13(11(2)22(21-10)16(17)18)8-15(23)20-14(9-19)12-6-4-3-5-7-12;/h12,14,16H,3-9,19H2,1-2H3,(H,20,23);1H. The maximum absolute atomic E-state index is 12.8. The molecule has 1 aliphatic rings. The second-order valence-electron chi connectivity index (χ2n) is 6.36. The first-order chi connectivity index (χ1) is 10.9. The van der Waals surface area contributed by atoms with Gasteiger partial charge in [0.15, 0.2) is 0 Å². The molecule has 138 valence electrons. The lowest BCUT2D eigenvalue weighted by molar-refractivity contribution is -0.121. The summed E-state index contributed by atoms with van der Waals surface area (Å²) in [5, 5.41) is 6.80. The number of hydrogen-bond donors (Lipinski definition) is 2. The van der Waals surface area contributed by atoms with E-state index in [2.05, 4.69) is 10.4 Å². The topological polar surface area (TPSA) is 72.9 Å². The summed E-state index contributed by atoms with van der Waals surface area (Å²) in [5.74, 6) is 0.245. The van der Waals surface area contributed by atoms with E-state index in [1.165, 1.54) is 19.3 Å². The van der Waals surface area contributed by atoms with Crippen LogP contribution in [0.5, 0.6) is 0 Å². The zero-order valence-electron chi connectivity index (χ0n) is 14.2. The predicted molar refractivity (Wildman–Crippen MR) is 91.5 cm³/mol. The van der Waals surface area contributed by atoms with Crippen LogP contribution in [-0.4, -0.2) is 28.3 Å². The molecule has 24 heavy (non-hydrogen) atoms. The molecule has 2 rings (SSSR count). The maximum atomic E-state index is 12.8. The van der Waals surface area contributed by atoms with Gasteiger partial charge in [-0.2, -0.15) is 13.9 Å². The average Bonchev–Trinajstić information content (AvgIpc) is 2.81. The molecule has 1 unspecified atom stereocenters. The Morgan fingerprint density at radius 1 is 1.33 bits per heavy atom. The molecule has 1 aromatic rings. The van der Waals surface area contributed by atoms with Gasteiger partial charge in [-0.1, -0.05) is 19.3 Å². The Bertz CT molecular complexity index is 544. The minimum Gasteiger partial charge on any atom is -0.352 e. The molecule has 1 fully saturated rings. The lowest BCUT2D eigenvalue weighted by Gasteiger charge is -2.30. The van der Waals surface area contributed by atoms with Crippen LogP contribution in [0.3, 0.4) is 0 Å². The van der Waals surface area contributed by atoms with E-state index in [0.717, 1.165) is 12.8 Å². The Labute approximate surface area is 147 Å². The van der Waals surface area contributed by atoms with E-state index in [1.54, 1.807) is 13.8 Å². The Hall–Kier alpha value is -1.21. The quantitative estimate of drug-likeness (QED) is 0.815. The summed E-state index contributed by atoms with van der Waals surface area (Å²) < 4.78 is 26.4. The van der Waals surface area contributed by atoms with Crippen LogP contribution < -0.4 is 11.1 Å². The Morgan fingerprint density at radius 2 is 1.96 bits per heavy atom. The van der Waals surface area contributed by atoms with Gasteiger partial charge in [0.1, 0.15) is 0 Å². The highest BCUT2D eigenvalue weighted by atomic mass is 35.5. The molecule has 1 heterocycles. The van der Waals surface area contributed by atoms with Crippen molar-refractivity contribution in [1.82, 2.24) is 15.1 Å². The van der Waals surface area contributed by atoms with Crippen LogP contribution in [0.2, 0.25) is 0 Å². The third-order valence-corrected chi connectivity index (χ3v) is 4.82. The number of nitrogens with zero attached hydrogens (tertiary/aromatic N) is 2. The smallest absolute Gasteiger partial charge is 0.333 e. The van der Waals surface area contributed by atoms with Crippen molar-refractivity contribution in [1.29, 1.82) is 0 Å². The van der Waals surface area contributed by atoms with E-state index in [1.807, 2.05) is 0 Å². The number of halogens is 3. The Kier molecular flexibility index (Phi) is 8.09. The van der Waals surface area contributed by atoms with Crippen molar-refractivity contribution >= 4 is 18.3 Å². The van der Waals surface area contributed by atoms with Crippen molar-refractivity contribution in [2.45, 2.75) is 65.0 Å². The number of aromatic nitrogens is 2. The molecule has 1 amide bonds. The molecule has 1 aromatic heterocycles. The van der Waals surface area contributed by atoms with Gasteiger partial charge in [-0.05, 0) is 32.6 Å². The van der Waals surface area contributed by atoms with E-state index >= 15 is 0 Å². The van der Waals surface area contributed by atoms with Crippen LogP contribution in [0.25, 0.3) is 0 Å². The molecule has 8 heteroatoms. The first kappa shape index (κ1) is 20.8. The van der Waals surface area contributed by atoms with E-state index in [0.29, 0.717) is 34.1 Å². The first-order valence-electron chi connectivity index (χ1n) is 8.26. The first-order valence-corrected chi connectivity index (χ1v) is 8.26. The van der Waals surface area contributed by atoms with Gasteiger partial charge >= 0.3 is 6.55 Å². The molecule has 1 aliphatic carbocycles. The van der Waals surface area contributed by atoms with E-state index in [9.17, 15) is 13.6 Å². The number of carbonyl (C=O) groups is 1. The van der Waals surface area contributed by atoms with Gasteiger partial charge in [-0.3, -0.25) is 4.79 Å². The zero-order valence-corrected chi connectivity index (χ0v) is 15.0. The summed E-state index contributed by atoms with van der Waals surface area (Å²) in [6.45, 7) is 0.932. The Morgan fingerprint density at radius 3 is 2.46 bits per heavy atom. The summed E-state index contributed by atoms with van der Waals surface area (Å²) in [7, 11) is 0. The number of nitrogens with two attached hydrogens (primary N) is 1. The normalized spacial score (nSPS) is 16.8. The molecule has 0 saturated heterocycles. The molecule has 1 atom stereocenters. The largest absolute Gasteiger partial charge is 0.352 e. The zero-order chi connectivity index (χ0) is 17.0. The van der Waals surface area contributed by atoms with E-state index in [-0.39, 0.29) is 30.8 Å². The van der Waals surface area contributed by atoms with Gasteiger partial charge in [-0.25, -0.2) is 4.68 Å². The van der Waals surface area contributed by atoms with Crippen LogP contribution >= 0.6 is 12.4 Å². The molecular weight excluding hydrogens is 338 g/mol. The summed E-state index contributed by atoms with van der Waals surface area (Å²) in [5.41, 5.74) is 7.20. The van der Waals surface area contributed by atoms with Gasteiger partial charge in [0.05, 0.1) is 12.1 Å². The number of nitrogens with one attached hydrogen (secondary N) is 1. The molecule has 5 nitrogen and oxygen atoms in total.